The van der Waals surface area contributed by atoms with Crippen molar-refractivity contribution in [1.29, 1.82) is 0 Å². The molecule has 0 aromatic heterocycles. The number of alkyl halides is 1. The largest absolute Gasteiger partial charge is 0.380 e. The molecule has 0 saturated carbocycles. The summed E-state index contributed by atoms with van der Waals surface area (Å²) in [6.45, 7) is 0.481. The van der Waals surface area contributed by atoms with Gasteiger partial charge < -0.3 is 4.74 Å². The smallest absolute Gasteiger partial charge is 0.173 e. The van der Waals surface area contributed by atoms with Crippen molar-refractivity contribution in [3.63, 3.8) is 0 Å². The van der Waals surface area contributed by atoms with Crippen LogP contribution in [0.25, 0.3) is 0 Å². The van der Waals surface area contributed by atoms with Crippen molar-refractivity contribution < 1.29 is 9.53 Å². The van der Waals surface area contributed by atoms with Crippen molar-refractivity contribution in [2.24, 2.45) is 0 Å². The highest BCUT2D eigenvalue weighted by Crippen LogP contribution is 2.11. The summed E-state index contributed by atoms with van der Waals surface area (Å²) in [4.78, 5) is 11.4. The van der Waals surface area contributed by atoms with Crippen molar-refractivity contribution in [2.45, 2.75) is 6.61 Å². The number of halogens is 1. The molecule has 1 rings (SSSR count). The number of carbonyl (C=O) groups is 1. The van der Waals surface area contributed by atoms with Crippen molar-refractivity contribution in [3.8, 4) is 0 Å². The molecule has 0 unspecified atom stereocenters. The average molecular weight is 243 g/mol. The number of benzene rings is 1. The van der Waals surface area contributed by atoms with Crippen LogP contribution in [0, 0.1) is 0 Å². The van der Waals surface area contributed by atoms with Crippen LogP contribution in [0.1, 0.15) is 15.9 Å². The molecule has 0 heterocycles. The summed E-state index contributed by atoms with van der Waals surface area (Å²) in [6.07, 6.45) is 0. The number of methoxy groups -OCH3 is 1. The van der Waals surface area contributed by atoms with Crippen LogP contribution >= 0.6 is 15.9 Å². The van der Waals surface area contributed by atoms with E-state index < -0.39 is 0 Å². The van der Waals surface area contributed by atoms with Crippen LogP contribution < -0.4 is 0 Å². The van der Waals surface area contributed by atoms with Crippen LogP contribution in [-0.4, -0.2) is 18.2 Å². The molecule has 0 radical (unpaired) electrons. The highest BCUT2D eigenvalue weighted by atomic mass is 79.9. The van der Waals surface area contributed by atoms with Crippen molar-refractivity contribution in [3.05, 3.63) is 35.4 Å². The van der Waals surface area contributed by atoms with Crippen molar-refractivity contribution in [1.82, 2.24) is 0 Å². The lowest BCUT2D eigenvalue weighted by molar-refractivity contribution is 0.101. The molecule has 0 aliphatic carbocycles. The molecule has 3 heteroatoms. The Labute approximate surface area is 86.0 Å². The summed E-state index contributed by atoms with van der Waals surface area (Å²) in [7, 11) is 1.62. The maximum Gasteiger partial charge on any atom is 0.173 e. The van der Waals surface area contributed by atoms with E-state index in [1.165, 1.54) is 0 Å². The van der Waals surface area contributed by atoms with Gasteiger partial charge in [-0.25, -0.2) is 0 Å². The summed E-state index contributed by atoms with van der Waals surface area (Å²) in [6, 6.07) is 7.48. The lowest BCUT2D eigenvalue weighted by Crippen LogP contribution is -2.05. The predicted octanol–water partition coefficient (Wildman–Crippen LogP) is 2.41. The maximum absolute atomic E-state index is 11.4. The highest BCUT2D eigenvalue weighted by molar-refractivity contribution is 9.09. The predicted molar refractivity (Wildman–Crippen MR) is 55.3 cm³/mol. The Balaban J connectivity index is 2.97. The first kappa shape index (κ1) is 10.4. The second-order valence-corrected chi connectivity index (χ2v) is 3.21. The van der Waals surface area contributed by atoms with Crippen LogP contribution in [0.15, 0.2) is 24.3 Å². The Bertz CT molecular complexity index is 297. The minimum absolute atomic E-state index is 0.0904. The Morgan fingerprint density at radius 2 is 2.15 bits per heavy atom. The molecule has 0 N–H and O–H groups in total. The van der Waals surface area contributed by atoms with Gasteiger partial charge in [0.05, 0.1) is 11.9 Å². The Morgan fingerprint density at radius 1 is 1.46 bits per heavy atom. The van der Waals surface area contributed by atoms with Crippen LogP contribution in [0.3, 0.4) is 0 Å². The van der Waals surface area contributed by atoms with E-state index in [2.05, 4.69) is 15.9 Å². The molecule has 0 bridgehead atoms. The van der Waals surface area contributed by atoms with E-state index in [-0.39, 0.29) is 5.78 Å². The summed E-state index contributed by atoms with van der Waals surface area (Å²) in [5.41, 5.74) is 1.68. The van der Waals surface area contributed by atoms with Crippen LogP contribution in [0.2, 0.25) is 0 Å². The quantitative estimate of drug-likeness (QED) is 0.599. The minimum Gasteiger partial charge on any atom is -0.380 e. The topological polar surface area (TPSA) is 26.3 Å². The lowest BCUT2D eigenvalue weighted by atomic mass is 10.1. The highest BCUT2D eigenvalue weighted by Gasteiger charge is 2.08. The fourth-order valence-electron chi connectivity index (χ4n) is 1.15. The van der Waals surface area contributed by atoms with Crippen molar-refractivity contribution in [2.75, 3.05) is 12.4 Å². The second kappa shape index (κ2) is 5.14. The molecule has 0 aliphatic heterocycles. The van der Waals surface area contributed by atoms with Crippen LogP contribution in [0.5, 0.6) is 0 Å². The fraction of sp³-hybridized carbons (Fsp3) is 0.300. The van der Waals surface area contributed by atoms with Gasteiger partial charge in [-0.15, -0.1) is 0 Å². The molecule has 2 nitrogen and oxygen atoms in total. The van der Waals surface area contributed by atoms with Gasteiger partial charge in [0.25, 0.3) is 0 Å². The van der Waals surface area contributed by atoms with E-state index >= 15 is 0 Å². The average Bonchev–Trinajstić information content (AvgIpc) is 2.18. The molecule has 1 aromatic carbocycles. The van der Waals surface area contributed by atoms with Crippen LogP contribution in [0.4, 0.5) is 0 Å². The van der Waals surface area contributed by atoms with Gasteiger partial charge in [-0.2, -0.15) is 0 Å². The van der Waals surface area contributed by atoms with Crippen molar-refractivity contribution >= 4 is 21.7 Å². The molecule has 13 heavy (non-hydrogen) atoms. The first-order chi connectivity index (χ1) is 6.29. The van der Waals surface area contributed by atoms with Gasteiger partial charge in [0.2, 0.25) is 0 Å². The first-order valence-electron chi connectivity index (χ1n) is 3.95. The number of carbonyl (C=O) groups excluding carboxylic acids is 1. The number of ether oxygens (including phenoxy) is 1. The van der Waals surface area contributed by atoms with Gasteiger partial charge >= 0.3 is 0 Å². The standard InChI is InChI=1S/C10H11BrO2/c1-13-7-8-4-2-3-5-9(8)10(12)6-11/h2-5H,6-7H2,1H3. The number of ketones is 1. The zero-order chi connectivity index (χ0) is 9.68. The number of hydrogen-bond donors (Lipinski definition) is 0. The zero-order valence-electron chi connectivity index (χ0n) is 7.42. The number of rotatable bonds is 4. The molecule has 0 spiro atoms. The molecule has 0 aliphatic rings. The zero-order valence-corrected chi connectivity index (χ0v) is 9.00. The van der Waals surface area contributed by atoms with Gasteiger partial charge in [0.1, 0.15) is 0 Å². The molecular formula is C10H11BrO2. The monoisotopic (exact) mass is 242 g/mol. The minimum atomic E-state index is 0.0904. The third-order valence-electron chi connectivity index (χ3n) is 1.74. The molecule has 0 fully saturated rings. The van der Waals surface area contributed by atoms with E-state index in [1.807, 2.05) is 24.3 Å². The summed E-state index contributed by atoms with van der Waals surface area (Å²) < 4.78 is 5.00. The number of hydrogen-bond acceptors (Lipinski definition) is 2. The fourth-order valence-corrected chi connectivity index (χ4v) is 1.45. The Morgan fingerprint density at radius 3 is 2.77 bits per heavy atom. The Hall–Kier alpha value is -0.670. The van der Waals surface area contributed by atoms with Gasteiger partial charge in [-0.05, 0) is 5.56 Å². The third-order valence-corrected chi connectivity index (χ3v) is 2.25. The molecule has 1 aromatic rings. The molecule has 70 valence electrons. The Kier molecular flexibility index (Phi) is 4.12. The SMILES string of the molecule is COCc1ccccc1C(=O)CBr. The molecule has 0 atom stereocenters. The van der Waals surface area contributed by atoms with E-state index in [0.717, 1.165) is 11.1 Å². The summed E-state index contributed by atoms with van der Waals surface area (Å²) in [5.74, 6) is 0.0904. The first-order valence-corrected chi connectivity index (χ1v) is 5.07. The lowest BCUT2D eigenvalue weighted by Gasteiger charge is -2.05. The van der Waals surface area contributed by atoms with E-state index in [4.69, 9.17) is 4.74 Å². The van der Waals surface area contributed by atoms with Crippen LogP contribution in [-0.2, 0) is 11.3 Å². The van der Waals surface area contributed by atoms with Gasteiger partial charge in [-0.1, -0.05) is 40.2 Å². The third kappa shape index (κ3) is 2.64. The van der Waals surface area contributed by atoms with Gasteiger partial charge in [0, 0.05) is 12.7 Å². The van der Waals surface area contributed by atoms with Gasteiger partial charge in [-0.3, -0.25) is 4.79 Å². The number of Topliss-reactive ketones (excluding diaryl/α,β-unsaturated/α-hetero) is 1. The summed E-state index contributed by atoms with van der Waals surface area (Å²) in [5, 5.41) is 0.355. The van der Waals surface area contributed by atoms with E-state index in [0.29, 0.717) is 11.9 Å². The van der Waals surface area contributed by atoms with Gasteiger partial charge in [0.15, 0.2) is 5.78 Å². The molecule has 0 saturated heterocycles. The molecule has 0 amide bonds. The second-order valence-electron chi connectivity index (χ2n) is 2.65. The maximum atomic E-state index is 11.4. The van der Waals surface area contributed by atoms with E-state index in [1.54, 1.807) is 7.11 Å². The normalized spacial score (nSPS) is 10.0. The summed E-state index contributed by atoms with van der Waals surface area (Å²) >= 11 is 3.15. The molecular weight excluding hydrogens is 232 g/mol. The van der Waals surface area contributed by atoms with E-state index in [9.17, 15) is 4.79 Å².